The summed E-state index contributed by atoms with van der Waals surface area (Å²) in [5.41, 5.74) is 1.30. The van der Waals surface area contributed by atoms with Gasteiger partial charge in [-0.1, -0.05) is 6.07 Å². The molecule has 1 aromatic heterocycles. The molecular weight excluding hydrogens is 348 g/mol. The normalized spacial score (nSPS) is 16.5. The molecule has 138 valence electrons. The fourth-order valence-corrected chi connectivity index (χ4v) is 3.36. The van der Waals surface area contributed by atoms with Gasteiger partial charge < -0.3 is 4.90 Å². The molecule has 3 nitrogen and oxygen atoms in total. The number of alkyl halides is 3. The number of nitrogens with zero attached hydrogens (tertiary/aromatic N) is 2. The third kappa shape index (κ3) is 3.43. The smallest absolute Gasteiger partial charge is 0.349 e. The van der Waals surface area contributed by atoms with Gasteiger partial charge in [0, 0.05) is 44.0 Å². The van der Waals surface area contributed by atoms with Gasteiger partial charge in [-0.25, -0.2) is 4.39 Å². The first kappa shape index (κ1) is 18.4. The molecule has 1 amide bonds. The SMILES string of the molecule is CN(C)C(=O)CC1CCc2c(-c3ccc(C(F)(F)F)cc3F)cncc21. The van der Waals surface area contributed by atoms with E-state index in [0.29, 0.717) is 24.5 Å². The molecule has 3 rings (SSSR count). The highest BCUT2D eigenvalue weighted by Crippen LogP contribution is 2.41. The molecule has 7 heteroatoms. The second kappa shape index (κ2) is 6.70. The average Bonchev–Trinajstić information content (AvgIpc) is 2.97. The number of halogens is 4. The molecule has 0 saturated carbocycles. The van der Waals surface area contributed by atoms with Crippen LogP contribution in [-0.4, -0.2) is 29.9 Å². The van der Waals surface area contributed by atoms with Crippen LogP contribution >= 0.6 is 0 Å². The van der Waals surface area contributed by atoms with Crippen LogP contribution in [0.5, 0.6) is 0 Å². The molecule has 0 bridgehead atoms. The van der Waals surface area contributed by atoms with Crippen LogP contribution in [0.1, 0.15) is 35.4 Å². The highest BCUT2D eigenvalue weighted by atomic mass is 19.4. The Balaban J connectivity index is 1.97. The van der Waals surface area contributed by atoms with Crippen molar-refractivity contribution >= 4 is 5.91 Å². The molecular formula is C19H18F4N2O. The summed E-state index contributed by atoms with van der Waals surface area (Å²) in [6.07, 6.45) is 0.255. The predicted molar refractivity (Wildman–Crippen MR) is 89.0 cm³/mol. The second-order valence-electron chi connectivity index (χ2n) is 6.68. The predicted octanol–water partition coefficient (Wildman–Crippen LogP) is 4.41. The van der Waals surface area contributed by atoms with Gasteiger partial charge in [-0.15, -0.1) is 0 Å². The van der Waals surface area contributed by atoms with Gasteiger partial charge >= 0.3 is 6.18 Å². The van der Waals surface area contributed by atoms with E-state index in [9.17, 15) is 22.4 Å². The zero-order valence-corrected chi connectivity index (χ0v) is 14.4. The van der Waals surface area contributed by atoms with Crippen LogP contribution in [0, 0.1) is 5.82 Å². The molecule has 0 fully saturated rings. The maximum Gasteiger partial charge on any atom is 0.416 e. The van der Waals surface area contributed by atoms with E-state index in [4.69, 9.17) is 0 Å². The standard InChI is InChI=1S/C19H18F4N2O/c1-25(2)18(26)7-11-3-5-13-15(11)9-24-10-16(13)14-6-4-12(8-17(14)20)19(21,22)23/h4,6,8-11H,3,5,7H2,1-2H3. The Morgan fingerprint density at radius 3 is 2.58 bits per heavy atom. The second-order valence-corrected chi connectivity index (χ2v) is 6.68. The summed E-state index contributed by atoms with van der Waals surface area (Å²) < 4.78 is 52.6. The van der Waals surface area contributed by atoms with Gasteiger partial charge in [-0.05, 0) is 42.0 Å². The summed E-state index contributed by atoms with van der Waals surface area (Å²) >= 11 is 0. The minimum atomic E-state index is -4.59. The lowest BCUT2D eigenvalue weighted by Crippen LogP contribution is -2.23. The Kier molecular flexibility index (Phi) is 4.73. The van der Waals surface area contributed by atoms with Gasteiger partial charge in [0.2, 0.25) is 5.91 Å². The number of benzene rings is 1. The van der Waals surface area contributed by atoms with Crippen LogP contribution in [0.15, 0.2) is 30.6 Å². The van der Waals surface area contributed by atoms with E-state index in [1.807, 2.05) is 0 Å². The van der Waals surface area contributed by atoms with Gasteiger partial charge in [-0.2, -0.15) is 13.2 Å². The van der Waals surface area contributed by atoms with Crippen LogP contribution in [0.4, 0.5) is 17.6 Å². The molecule has 1 atom stereocenters. The Morgan fingerprint density at radius 1 is 1.23 bits per heavy atom. The highest BCUT2D eigenvalue weighted by molar-refractivity contribution is 5.77. The summed E-state index contributed by atoms with van der Waals surface area (Å²) in [5.74, 6) is -0.943. The minimum absolute atomic E-state index is 0.00559. The molecule has 26 heavy (non-hydrogen) atoms. The summed E-state index contributed by atoms with van der Waals surface area (Å²) in [6.45, 7) is 0. The van der Waals surface area contributed by atoms with Crippen molar-refractivity contribution in [3.8, 4) is 11.1 Å². The minimum Gasteiger partial charge on any atom is -0.349 e. The number of carbonyl (C=O) groups excluding carboxylic acids is 1. The van der Waals surface area contributed by atoms with Gasteiger partial charge in [0.25, 0.3) is 0 Å². The largest absolute Gasteiger partial charge is 0.416 e. The summed E-state index contributed by atoms with van der Waals surface area (Å²) in [7, 11) is 3.37. The van der Waals surface area contributed by atoms with Crippen LogP contribution in [0.25, 0.3) is 11.1 Å². The number of pyridine rings is 1. The molecule has 0 N–H and O–H groups in total. The Labute approximate surface area is 148 Å². The maximum absolute atomic E-state index is 14.4. The van der Waals surface area contributed by atoms with Crippen molar-refractivity contribution in [1.82, 2.24) is 9.88 Å². The topological polar surface area (TPSA) is 33.2 Å². The van der Waals surface area contributed by atoms with Crippen molar-refractivity contribution in [2.75, 3.05) is 14.1 Å². The molecule has 1 aliphatic rings. The van der Waals surface area contributed by atoms with E-state index in [0.717, 1.165) is 29.7 Å². The highest BCUT2D eigenvalue weighted by Gasteiger charge is 2.32. The van der Waals surface area contributed by atoms with Crippen molar-refractivity contribution in [2.45, 2.75) is 31.4 Å². The van der Waals surface area contributed by atoms with E-state index in [-0.39, 0.29) is 17.4 Å². The van der Waals surface area contributed by atoms with Crippen molar-refractivity contribution in [3.63, 3.8) is 0 Å². The average molecular weight is 366 g/mol. The van der Waals surface area contributed by atoms with E-state index >= 15 is 0 Å². The number of rotatable bonds is 3. The number of aromatic nitrogens is 1. The van der Waals surface area contributed by atoms with E-state index < -0.39 is 17.6 Å². The number of amides is 1. The van der Waals surface area contributed by atoms with Crippen molar-refractivity contribution < 1.29 is 22.4 Å². The number of hydrogen-bond donors (Lipinski definition) is 0. The van der Waals surface area contributed by atoms with Crippen LogP contribution < -0.4 is 0 Å². The number of carbonyl (C=O) groups is 1. The van der Waals surface area contributed by atoms with Crippen LogP contribution in [0.2, 0.25) is 0 Å². The maximum atomic E-state index is 14.4. The monoisotopic (exact) mass is 366 g/mol. The lowest BCUT2D eigenvalue weighted by molar-refractivity contribution is -0.137. The fraction of sp³-hybridized carbons (Fsp3) is 0.368. The first-order chi connectivity index (χ1) is 12.2. The molecule has 1 heterocycles. The van der Waals surface area contributed by atoms with E-state index in [2.05, 4.69) is 4.98 Å². The molecule has 1 aromatic carbocycles. The van der Waals surface area contributed by atoms with Gasteiger partial charge in [0.15, 0.2) is 0 Å². The quantitative estimate of drug-likeness (QED) is 0.754. The van der Waals surface area contributed by atoms with Crippen molar-refractivity contribution in [1.29, 1.82) is 0 Å². The summed E-state index contributed by atoms with van der Waals surface area (Å²) in [4.78, 5) is 17.6. The lowest BCUT2D eigenvalue weighted by atomic mass is 9.95. The molecule has 0 spiro atoms. The van der Waals surface area contributed by atoms with Crippen LogP contribution in [-0.2, 0) is 17.4 Å². The molecule has 0 aliphatic heterocycles. The molecule has 0 radical (unpaired) electrons. The summed E-state index contributed by atoms with van der Waals surface area (Å²) in [5, 5.41) is 0. The van der Waals surface area contributed by atoms with Gasteiger partial charge in [0.1, 0.15) is 5.82 Å². The fourth-order valence-electron chi connectivity index (χ4n) is 3.36. The molecule has 2 aromatic rings. The third-order valence-corrected chi connectivity index (χ3v) is 4.78. The molecule has 0 saturated heterocycles. The molecule has 1 aliphatic carbocycles. The number of fused-ring (bicyclic) bond motifs is 1. The summed E-state index contributed by atoms with van der Waals surface area (Å²) in [6, 6.07) is 2.53. The van der Waals surface area contributed by atoms with Gasteiger partial charge in [0.05, 0.1) is 5.56 Å². The lowest BCUT2D eigenvalue weighted by Gasteiger charge is -2.16. The van der Waals surface area contributed by atoms with E-state index in [1.165, 1.54) is 11.1 Å². The Morgan fingerprint density at radius 2 is 1.96 bits per heavy atom. The van der Waals surface area contributed by atoms with E-state index in [1.54, 1.807) is 20.3 Å². The Hall–Kier alpha value is -2.44. The first-order valence-corrected chi connectivity index (χ1v) is 8.22. The Bertz CT molecular complexity index is 846. The third-order valence-electron chi connectivity index (χ3n) is 4.78. The van der Waals surface area contributed by atoms with Crippen LogP contribution in [0.3, 0.4) is 0 Å². The number of hydrogen-bond acceptors (Lipinski definition) is 2. The molecule has 1 unspecified atom stereocenters. The zero-order valence-electron chi connectivity index (χ0n) is 14.4. The first-order valence-electron chi connectivity index (χ1n) is 8.22. The van der Waals surface area contributed by atoms with Gasteiger partial charge in [-0.3, -0.25) is 9.78 Å². The van der Waals surface area contributed by atoms with Crippen molar-refractivity contribution in [3.05, 3.63) is 53.1 Å². The van der Waals surface area contributed by atoms with Crippen molar-refractivity contribution in [2.24, 2.45) is 0 Å². The zero-order chi connectivity index (χ0) is 19.1.